The van der Waals surface area contributed by atoms with Crippen LogP contribution in [0, 0.1) is 0 Å². The SMILES string of the molecule is CO[C@@]1(NC(=O)CSC[C@@H](N)C(=O)O)C(=O)N2C(C(=O)O)=C(CSc3nnnn3C)CS[C@H]21.O.[Na+].[Na+].[Na+].[Na+].[Na+].[Na+]. The Kier molecular flexibility index (Phi) is 32.9. The molecule has 0 aromatic carbocycles. The molecule has 0 bridgehead atoms. The second-order valence-corrected chi connectivity index (χ2v) is 9.96. The number of aryl methyl sites for hydroxylation is 1. The number of carboxylic acids is 2. The molecule has 7 N–H and O–H groups in total. The Hall–Kier alpha value is 3.62. The first-order valence-corrected chi connectivity index (χ1v) is 12.5. The zero-order valence-electron chi connectivity index (χ0n) is 24.0. The van der Waals surface area contributed by atoms with Crippen molar-refractivity contribution in [3.8, 4) is 0 Å². The van der Waals surface area contributed by atoms with Crippen LogP contribution in [0.1, 0.15) is 0 Å². The largest absolute Gasteiger partial charge is 1.00 e. The van der Waals surface area contributed by atoms with Crippen LogP contribution in [0.25, 0.3) is 0 Å². The summed E-state index contributed by atoms with van der Waals surface area (Å²) in [5, 5.41) is 31.9. The molecule has 1 saturated heterocycles. The van der Waals surface area contributed by atoms with Crippen LogP contribution < -0.4 is 188 Å². The minimum Gasteiger partial charge on any atom is -0.480 e. The van der Waals surface area contributed by atoms with Gasteiger partial charge in [0.05, 0.1) is 5.75 Å². The number of nitrogens with zero attached hydrogens (tertiary/aromatic N) is 5. The minimum absolute atomic E-state index is 0. The minimum atomic E-state index is -1.72. The molecule has 188 valence electrons. The molecule has 0 radical (unpaired) electrons. The molecule has 2 aliphatic rings. The summed E-state index contributed by atoms with van der Waals surface area (Å²) in [7, 11) is 2.91. The number of carbonyl (C=O) groups is 4. The maximum absolute atomic E-state index is 13.0. The van der Waals surface area contributed by atoms with Gasteiger partial charge in [0.2, 0.25) is 11.1 Å². The molecule has 24 heteroatoms. The summed E-state index contributed by atoms with van der Waals surface area (Å²) in [6.45, 7) is 0. The van der Waals surface area contributed by atoms with Crippen molar-refractivity contribution in [2.75, 3.05) is 30.1 Å². The second kappa shape index (κ2) is 24.7. The molecule has 1 aromatic rings. The number of tetrazole rings is 1. The van der Waals surface area contributed by atoms with Gasteiger partial charge < -0.3 is 31.5 Å². The van der Waals surface area contributed by atoms with Crippen LogP contribution in [0.15, 0.2) is 16.4 Å². The van der Waals surface area contributed by atoms with Gasteiger partial charge in [-0.25, -0.2) is 9.48 Å². The van der Waals surface area contributed by atoms with Gasteiger partial charge in [-0.1, -0.05) is 11.8 Å². The zero-order chi connectivity index (χ0) is 24.3. The van der Waals surface area contributed by atoms with Gasteiger partial charge in [-0.05, 0) is 16.0 Å². The molecule has 3 heterocycles. The first-order valence-electron chi connectivity index (χ1n) is 9.30. The van der Waals surface area contributed by atoms with E-state index in [-0.39, 0.29) is 212 Å². The Morgan fingerprint density at radius 2 is 1.82 bits per heavy atom. The van der Waals surface area contributed by atoms with Gasteiger partial charge in [0.15, 0.2) is 0 Å². The molecule has 3 atom stereocenters. The zero-order valence-corrected chi connectivity index (χ0v) is 38.4. The summed E-state index contributed by atoms with van der Waals surface area (Å²) < 4.78 is 6.82. The van der Waals surface area contributed by atoms with E-state index in [0.717, 1.165) is 16.7 Å². The standard InChI is InChI=1S/C16H21N7O7S3.6Na.H2O/c1-22-15(19-20-21-22)33-4-7-3-32-14-16(30-2,13(29)23(14)10(7)12(27)28)18-9(24)6-31-5-8(17)11(25)26;;;;;;;/h8,14H,3-6,17H2,1-2H3,(H,18,24)(H,25,26)(H,27,28);;;;;;;1H2/q;6*+1;/t8-,14+,16+;;;;;;;/m1......./s1. The summed E-state index contributed by atoms with van der Waals surface area (Å²) >= 11 is 3.50. The van der Waals surface area contributed by atoms with Gasteiger partial charge in [0.25, 0.3) is 11.6 Å². The van der Waals surface area contributed by atoms with Crippen LogP contribution in [-0.4, -0.2) is 112 Å². The van der Waals surface area contributed by atoms with E-state index in [1.165, 1.54) is 35.3 Å². The molecule has 1 fully saturated rings. The molecule has 1 aromatic heterocycles. The number of aromatic nitrogens is 4. The Bertz CT molecular complexity index is 1030. The fourth-order valence-corrected chi connectivity index (χ4v) is 6.34. The van der Waals surface area contributed by atoms with Gasteiger partial charge in [0, 0.05) is 31.4 Å². The monoisotopic (exact) mass is 675 g/mol. The number of fused-ring (bicyclic) bond motifs is 1. The maximum Gasteiger partial charge on any atom is 1.00 e. The first-order chi connectivity index (χ1) is 15.6. The van der Waals surface area contributed by atoms with Crippen LogP contribution in [-0.2, 0) is 31.0 Å². The van der Waals surface area contributed by atoms with Crippen LogP contribution in [0.5, 0.6) is 0 Å². The van der Waals surface area contributed by atoms with Crippen molar-refractivity contribution in [1.82, 2.24) is 30.4 Å². The maximum atomic E-state index is 13.0. The third-order valence-electron chi connectivity index (χ3n) is 4.76. The number of β-lactam (4-membered cyclic amide) rings is 1. The van der Waals surface area contributed by atoms with E-state index in [9.17, 15) is 24.3 Å². The summed E-state index contributed by atoms with van der Waals surface area (Å²) in [5.41, 5.74) is 4.05. The quantitative estimate of drug-likeness (QED) is 0.0738. The Morgan fingerprint density at radius 1 is 1.23 bits per heavy atom. The van der Waals surface area contributed by atoms with Crippen LogP contribution >= 0.6 is 35.3 Å². The van der Waals surface area contributed by atoms with E-state index in [1.807, 2.05) is 0 Å². The number of hydrogen-bond acceptors (Lipinski definition) is 12. The molecule has 0 saturated carbocycles. The fourth-order valence-electron chi connectivity index (χ4n) is 3.14. The molecule has 15 nitrogen and oxygen atoms in total. The smallest absolute Gasteiger partial charge is 0.480 e. The first kappa shape index (κ1) is 53.1. The molecule has 0 aliphatic carbocycles. The van der Waals surface area contributed by atoms with E-state index in [2.05, 4.69) is 20.8 Å². The van der Waals surface area contributed by atoms with Crippen molar-refractivity contribution in [3.05, 3.63) is 11.3 Å². The number of amides is 2. The summed E-state index contributed by atoms with van der Waals surface area (Å²) in [6.07, 6.45) is 0. The second-order valence-electron chi connectivity index (χ2n) is 6.92. The summed E-state index contributed by atoms with van der Waals surface area (Å²) in [6, 6.07) is -1.12. The number of carbonyl (C=O) groups excluding carboxylic acids is 2. The van der Waals surface area contributed by atoms with Crippen molar-refractivity contribution in [3.63, 3.8) is 0 Å². The van der Waals surface area contributed by atoms with E-state index < -0.39 is 40.9 Å². The van der Waals surface area contributed by atoms with Crippen molar-refractivity contribution in [2.45, 2.75) is 22.3 Å². The number of methoxy groups -OCH3 is 1. The average Bonchev–Trinajstić information content (AvgIpc) is 3.19. The van der Waals surface area contributed by atoms with Crippen LogP contribution in [0.3, 0.4) is 0 Å². The van der Waals surface area contributed by atoms with Crippen LogP contribution in [0.4, 0.5) is 0 Å². The van der Waals surface area contributed by atoms with Crippen molar-refractivity contribution in [2.24, 2.45) is 12.8 Å². The Labute approximate surface area is 376 Å². The van der Waals surface area contributed by atoms with E-state index in [0.29, 0.717) is 10.7 Å². The molecular formula is C16H23N7Na6O8S3+6. The van der Waals surface area contributed by atoms with E-state index in [4.69, 9.17) is 15.6 Å². The number of thioether (sulfide) groups is 3. The van der Waals surface area contributed by atoms with E-state index in [1.54, 1.807) is 7.05 Å². The van der Waals surface area contributed by atoms with Crippen molar-refractivity contribution >= 4 is 59.0 Å². The fraction of sp³-hybridized carbons (Fsp3) is 0.562. The average molecular weight is 676 g/mol. The molecule has 2 aliphatic heterocycles. The number of ether oxygens (including phenoxy) is 1. The number of nitrogens with one attached hydrogen (secondary N) is 1. The van der Waals surface area contributed by atoms with Crippen LogP contribution in [0.2, 0.25) is 0 Å². The molecular weight excluding hydrogens is 652 g/mol. The van der Waals surface area contributed by atoms with Gasteiger partial charge in [-0.3, -0.25) is 19.3 Å². The van der Waals surface area contributed by atoms with E-state index >= 15 is 0 Å². The summed E-state index contributed by atoms with van der Waals surface area (Å²) in [4.78, 5) is 49.3. The number of rotatable bonds is 11. The third-order valence-corrected chi connectivity index (χ3v) is 8.30. The van der Waals surface area contributed by atoms with Gasteiger partial charge >= 0.3 is 189 Å². The number of hydrogen-bond donors (Lipinski definition) is 4. The molecule has 0 unspecified atom stereocenters. The third kappa shape index (κ3) is 12.7. The number of nitrogens with two attached hydrogens (primary N) is 1. The molecule has 40 heavy (non-hydrogen) atoms. The van der Waals surface area contributed by atoms with Crippen molar-refractivity contribution < 1.29 is 217 Å². The summed E-state index contributed by atoms with van der Waals surface area (Å²) in [5.74, 6) is -3.32. The van der Waals surface area contributed by atoms with Gasteiger partial charge in [-0.2, -0.15) is 0 Å². The Morgan fingerprint density at radius 3 is 2.30 bits per heavy atom. The molecule has 0 spiro atoms. The molecule has 2 amide bonds. The number of carboxylic acid groups (broad SMARTS) is 2. The predicted molar refractivity (Wildman–Crippen MR) is 122 cm³/mol. The van der Waals surface area contributed by atoms with Gasteiger partial charge in [0.1, 0.15) is 17.1 Å². The Balaban J connectivity index is -0.000000583. The van der Waals surface area contributed by atoms with Crippen molar-refractivity contribution in [1.29, 1.82) is 0 Å². The number of aliphatic carboxylic acids is 2. The van der Waals surface area contributed by atoms with Gasteiger partial charge in [-0.15, -0.1) is 28.6 Å². The predicted octanol–water partition coefficient (Wildman–Crippen LogP) is -20.6. The molecule has 3 rings (SSSR count). The topological polar surface area (TPSA) is 234 Å². The normalized spacial score (nSPS) is 19.0.